The normalized spacial score (nSPS) is 10.1. The Bertz CT molecular complexity index is 484. The molecule has 0 aliphatic heterocycles. The lowest BCUT2D eigenvalue weighted by Crippen LogP contribution is -2.14. The highest BCUT2D eigenvalue weighted by molar-refractivity contribution is 7.16. The molecule has 2 aromatic heterocycles. The lowest BCUT2D eigenvalue weighted by molar-refractivity contribution is -0.115. The van der Waals surface area contributed by atoms with E-state index in [0.29, 0.717) is 16.6 Å². The Balaban J connectivity index is 1.95. The number of amides is 1. The van der Waals surface area contributed by atoms with E-state index in [1.165, 1.54) is 11.3 Å². The monoisotopic (exact) mass is 252 g/mol. The molecule has 3 nitrogen and oxygen atoms in total. The SMILES string of the molecule is O=C(Cc1ccc(Cl)s1)Nc1ccccn1. The summed E-state index contributed by atoms with van der Waals surface area (Å²) >= 11 is 7.19. The summed E-state index contributed by atoms with van der Waals surface area (Å²) in [5.41, 5.74) is 0. The van der Waals surface area contributed by atoms with Crippen LogP contribution in [0.4, 0.5) is 5.82 Å². The molecule has 1 amide bonds. The summed E-state index contributed by atoms with van der Waals surface area (Å²) in [7, 11) is 0. The predicted molar refractivity (Wildman–Crippen MR) is 65.9 cm³/mol. The summed E-state index contributed by atoms with van der Waals surface area (Å²) in [5, 5.41) is 2.71. The van der Waals surface area contributed by atoms with Gasteiger partial charge in [-0.15, -0.1) is 11.3 Å². The van der Waals surface area contributed by atoms with Gasteiger partial charge in [-0.2, -0.15) is 0 Å². The molecule has 0 saturated heterocycles. The van der Waals surface area contributed by atoms with Crippen LogP contribution in [0, 0.1) is 0 Å². The smallest absolute Gasteiger partial charge is 0.230 e. The minimum Gasteiger partial charge on any atom is -0.310 e. The summed E-state index contributed by atoms with van der Waals surface area (Å²) < 4.78 is 0.695. The van der Waals surface area contributed by atoms with Crippen LogP contribution >= 0.6 is 22.9 Å². The molecule has 82 valence electrons. The minimum atomic E-state index is -0.0859. The van der Waals surface area contributed by atoms with Crippen molar-refractivity contribution >= 4 is 34.7 Å². The fourth-order valence-corrected chi connectivity index (χ4v) is 2.31. The third-order valence-electron chi connectivity index (χ3n) is 1.90. The zero-order chi connectivity index (χ0) is 11.4. The highest BCUT2D eigenvalue weighted by Gasteiger charge is 2.06. The Labute approximate surface area is 102 Å². The van der Waals surface area contributed by atoms with Crippen LogP contribution in [0.5, 0.6) is 0 Å². The second kappa shape index (κ2) is 5.09. The van der Waals surface area contributed by atoms with Gasteiger partial charge in [0.05, 0.1) is 10.8 Å². The molecule has 0 radical (unpaired) electrons. The third-order valence-corrected chi connectivity index (χ3v) is 3.13. The number of thiophene rings is 1. The van der Waals surface area contributed by atoms with Crippen molar-refractivity contribution in [2.75, 3.05) is 5.32 Å². The summed E-state index contributed by atoms with van der Waals surface area (Å²) in [6, 6.07) is 9.01. The summed E-state index contributed by atoms with van der Waals surface area (Å²) in [6.07, 6.45) is 1.96. The van der Waals surface area contributed by atoms with Gasteiger partial charge in [-0.1, -0.05) is 17.7 Å². The fourth-order valence-electron chi connectivity index (χ4n) is 1.23. The van der Waals surface area contributed by atoms with Crippen molar-refractivity contribution in [3.63, 3.8) is 0 Å². The molecular formula is C11H9ClN2OS. The molecule has 2 rings (SSSR count). The molecule has 1 N–H and O–H groups in total. The number of halogens is 1. The Morgan fingerprint density at radius 1 is 1.38 bits per heavy atom. The number of hydrogen-bond acceptors (Lipinski definition) is 3. The topological polar surface area (TPSA) is 42.0 Å². The van der Waals surface area contributed by atoms with E-state index in [0.717, 1.165) is 4.88 Å². The first-order valence-corrected chi connectivity index (χ1v) is 5.88. The standard InChI is InChI=1S/C11H9ClN2OS/c12-9-5-4-8(16-9)7-11(15)14-10-3-1-2-6-13-10/h1-6H,7H2,(H,13,14,15). The van der Waals surface area contributed by atoms with Crippen molar-refractivity contribution in [1.29, 1.82) is 0 Å². The van der Waals surface area contributed by atoms with Crippen molar-refractivity contribution in [2.45, 2.75) is 6.42 Å². The largest absolute Gasteiger partial charge is 0.310 e. The predicted octanol–water partition coefficient (Wildman–Crippen LogP) is 2.98. The number of aromatic nitrogens is 1. The maximum Gasteiger partial charge on any atom is 0.230 e. The Morgan fingerprint density at radius 2 is 2.25 bits per heavy atom. The van der Waals surface area contributed by atoms with Crippen molar-refractivity contribution in [3.05, 3.63) is 45.7 Å². The second-order valence-electron chi connectivity index (χ2n) is 3.15. The first-order valence-electron chi connectivity index (χ1n) is 4.69. The van der Waals surface area contributed by atoms with Crippen LogP contribution in [-0.2, 0) is 11.2 Å². The third kappa shape index (κ3) is 3.05. The van der Waals surface area contributed by atoms with Crippen LogP contribution < -0.4 is 5.32 Å². The number of anilines is 1. The summed E-state index contributed by atoms with van der Waals surface area (Å²) in [6.45, 7) is 0. The van der Waals surface area contributed by atoms with Gasteiger partial charge in [-0.3, -0.25) is 4.79 Å². The minimum absolute atomic E-state index is 0.0859. The van der Waals surface area contributed by atoms with E-state index >= 15 is 0 Å². The van der Waals surface area contributed by atoms with Gasteiger partial charge in [-0.25, -0.2) is 4.98 Å². The van der Waals surface area contributed by atoms with Crippen molar-refractivity contribution < 1.29 is 4.79 Å². The first-order chi connectivity index (χ1) is 7.74. The number of rotatable bonds is 3. The molecule has 5 heteroatoms. The van der Waals surface area contributed by atoms with Crippen LogP contribution in [0.15, 0.2) is 36.5 Å². The van der Waals surface area contributed by atoms with Gasteiger partial charge in [0.25, 0.3) is 0 Å². The van der Waals surface area contributed by atoms with E-state index in [4.69, 9.17) is 11.6 Å². The molecule has 0 fully saturated rings. The molecule has 2 aromatic rings. The van der Waals surface area contributed by atoms with E-state index in [1.807, 2.05) is 12.1 Å². The number of carbonyl (C=O) groups is 1. The van der Waals surface area contributed by atoms with E-state index in [9.17, 15) is 4.79 Å². The molecule has 0 bridgehead atoms. The van der Waals surface area contributed by atoms with Crippen LogP contribution in [0.1, 0.15) is 4.88 Å². The van der Waals surface area contributed by atoms with Gasteiger partial charge in [0.2, 0.25) is 5.91 Å². The summed E-state index contributed by atoms with van der Waals surface area (Å²) in [4.78, 5) is 16.6. The number of nitrogens with one attached hydrogen (secondary N) is 1. The molecule has 0 spiro atoms. The lowest BCUT2D eigenvalue weighted by atomic mass is 10.3. The van der Waals surface area contributed by atoms with Gasteiger partial charge in [0.1, 0.15) is 5.82 Å². The maximum absolute atomic E-state index is 11.6. The number of carbonyl (C=O) groups excluding carboxylic acids is 1. The van der Waals surface area contributed by atoms with Crippen LogP contribution in [0.25, 0.3) is 0 Å². The highest BCUT2D eigenvalue weighted by Crippen LogP contribution is 2.21. The van der Waals surface area contributed by atoms with E-state index in [1.54, 1.807) is 24.4 Å². The van der Waals surface area contributed by atoms with Crippen LogP contribution in [0.3, 0.4) is 0 Å². The quantitative estimate of drug-likeness (QED) is 0.913. The van der Waals surface area contributed by atoms with Crippen molar-refractivity contribution in [3.8, 4) is 0 Å². The Kier molecular flexibility index (Phi) is 3.54. The molecule has 2 heterocycles. The van der Waals surface area contributed by atoms with Gasteiger partial charge in [0.15, 0.2) is 0 Å². The molecule has 16 heavy (non-hydrogen) atoms. The van der Waals surface area contributed by atoms with E-state index in [2.05, 4.69) is 10.3 Å². The molecule has 0 aliphatic carbocycles. The first kappa shape index (κ1) is 11.1. The highest BCUT2D eigenvalue weighted by atomic mass is 35.5. The van der Waals surface area contributed by atoms with Gasteiger partial charge >= 0.3 is 0 Å². The fraction of sp³-hybridized carbons (Fsp3) is 0.0909. The van der Waals surface area contributed by atoms with E-state index < -0.39 is 0 Å². The van der Waals surface area contributed by atoms with E-state index in [-0.39, 0.29) is 5.91 Å². The number of pyridine rings is 1. The number of hydrogen-bond donors (Lipinski definition) is 1. The maximum atomic E-state index is 11.6. The van der Waals surface area contributed by atoms with Gasteiger partial charge in [0, 0.05) is 11.1 Å². The molecule has 0 saturated carbocycles. The zero-order valence-corrected chi connectivity index (χ0v) is 9.89. The average molecular weight is 253 g/mol. The zero-order valence-electron chi connectivity index (χ0n) is 8.31. The molecular weight excluding hydrogens is 244 g/mol. The Morgan fingerprint density at radius 3 is 2.88 bits per heavy atom. The molecule has 0 unspecified atom stereocenters. The second-order valence-corrected chi connectivity index (χ2v) is 4.95. The lowest BCUT2D eigenvalue weighted by Gasteiger charge is -2.01. The molecule has 0 aliphatic rings. The summed E-state index contributed by atoms with van der Waals surface area (Å²) in [5.74, 6) is 0.479. The van der Waals surface area contributed by atoms with Crippen molar-refractivity contribution in [2.24, 2.45) is 0 Å². The van der Waals surface area contributed by atoms with Crippen molar-refractivity contribution in [1.82, 2.24) is 4.98 Å². The average Bonchev–Trinajstić information content (AvgIpc) is 2.65. The molecule has 0 aromatic carbocycles. The van der Waals surface area contributed by atoms with Gasteiger partial charge < -0.3 is 5.32 Å². The molecule has 0 atom stereocenters. The Hall–Kier alpha value is -1.39. The van der Waals surface area contributed by atoms with Crippen LogP contribution in [-0.4, -0.2) is 10.9 Å². The van der Waals surface area contributed by atoms with Crippen LogP contribution in [0.2, 0.25) is 4.34 Å². The van der Waals surface area contributed by atoms with Gasteiger partial charge in [-0.05, 0) is 24.3 Å². The number of nitrogens with zero attached hydrogens (tertiary/aromatic N) is 1.